The van der Waals surface area contributed by atoms with Gasteiger partial charge in [0.15, 0.2) is 5.72 Å². The van der Waals surface area contributed by atoms with Crippen LogP contribution in [-0.2, 0) is 19.1 Å². The van der Waals surface area contributed by atoms with E-state index in [9.17, 15) is 9.59 Å². The van der Waals surface area contributed by atoms with Gasteiger partial charge in [0, 0.05) is 0 Å². The minimum Gasteiger partial charge on any atom is -0.460 e. The summed E-state index contributed by atoms with van der Waals surface area (Å²) in [6.45, 7) is 1.79. The van der Waals surface area contributed by atoms with Crippen molar-refractivity contribution in [2.75, 3.05) is 20.7 Å². The highest BCUT2D eigenvalue weighted by atomic mass is 16.6. The maximum absolute atomic E-state index is 11.2. The van der Waals surface area contributed by atoms with Crippen molar-refractivity contribution in [1.82, 2.24) is 4.90 Å². The minimum atomic E-state index is -0.854. The van der Waals surface area contributed by atoms with Gasteiger partial charge in [-0.3, -0.25) is 14.5 Å². The fourth-order valence-corrected chi connectivity index (χ4v) is 1.04. The first kappa shape index (κ1) is 11.0. The predicted molar refractivity (Wildman–Crippen MR) is 48.4 cm³/mol. The van der Waals surface area contributed by atoms with Crippen molar-refractivity contribution < 1.29 is 19.1 Å². The van der Waals surface area contributed by atoms with Gasteiger partial charge in [0.05, 0.1) is 12.8 Å². The molecule has 0 saturated carbocycles. The molecule has 0 radical (unpaired) electrons. The van der Waals surface area contributed by atoms with Crippen LogP contribution in [0.15, 0.2) is 0 Å². The summed E-state index contributed by atoms with van der Waals surface area (Å²) in [5.74, 6) is -0.715. The minimum absolute atomic E-state index is 0.0740. The molecule has 0 aromatic rings. The Labute approximate surface area is 83.0 Å². The highest BCUT2D eigenvalue weighted by Crippen LogP contribution is 2.18. The van der Waals surface area contributed by atoms with Gasteiger partial charge in [-0.25, -0.2) is 0 Å². The molecule has 0 amide bonds. The van der Waals surface area contributed by atoms with Gasteiger partial charge in [-0.1, -0.05) is 0 Å². The third kappa shape index (κ3) is 2.45. The van der Waals surface area contributed by atoms with Crippen LogP contribution >= 0.6 is 0 Å². The molecule has 0 spiro atoms. The Hall–Kier alpha value is -1.10. The monoisotopic (exact) mass is 201 g/mol. The fourth-order valence-electron chi connectivity index (χ4n) is 1.04. The Kier molecular flexibility index (Phi) is 3.10. The second-order valence-corrected chi connectivity index (χ2v) is 3.70. The van der Waals surface area contributed by atoms with Crippen molar-refractivity contribution in [2.24, 2.45) is 0 Å². The van der Waals surface area contributed by atoms with Crippen molar-refractivity contribution in [3.05, 3.63) is 0 Å². The summed E-state index contributed by atoms with van der Waals surface area (Å²) in [7, 11) is 3.53. The predicted octanol–water partition coefficient (Wildman–Crippen LogP) is 0.144. The molecule has 1 rings (SSSR count). The molecule has 14 heavy (non-hydrogen) atoms. The molecule has 0 bridgehead atoms. The molecular weight excluding hydrogens is 186 g/mol. The second kappa shape index (κ2) is 3.96. The average molecular weight is 201 g/mol. The van der Waals surface area contributed by atoms with Crippen LogP contribution in [0, 0.1) is 0 Å². The molecule has 1 fully saturated rings. The molecule has 0 aliphatic carbocycles. The van der Waals surface area contributed by atoms with Gasteiger partial charge < -0.3 is 9.47 Å². The molecule has 1 aliphatic heterocycles. The van der Waals surface area contributed by atoms with Crippen LogP contribution in [0.25, 0.3) is 0 Å². The molecular formula is C9H15NO4. The van der Waals surface area contributed by atoms with Crippen molar-refractivity contribution in [1.29, 1.82) is 0 Å². The molecule has 80 valence electrons. The zero-order chi connectivity index (χ0) is 10.8. The smallest absolute Gasteiger partial charge is 0.308 e. The molecule has 5 heteroatoms. The normalized spacial score (nSPS) is 29.1. The molecule has 0 N–H and O–H groups in total. The number of ether oxygens (including phenoxy) is 2. The Balaban J connectivity index is 2.75. The number of likely N-dealkylation sites (N-methyl/N-ethyl adjacent to an activating group) is 1. The van der Waals surface area contributed by atoms with Crippen molar-refractivity contribution in [3.63, 3.8) is 0 Å². The van der Waals surface area contributed by atoms with Gasteiger partial charge >= 0.3 is 11.9 Å². The number of rotatable bonds is 1. The van der Waals surface area contributed by atoms with Gasteiger partial charge in [-0.05, 0) is 21.0 Å². The third-order valence-corrected chi connectivity index (χ3v) is 2.31. The van der Waals surface area contributed by atoms with Crippen LogP contribution in [0.4, 0.5) is 0 Å². The van der Waals surface area contributed by atoms with Crippen molar-refractivity contribution >= 4 is 11.9 Å². The summed E-state index contributed by atoms with van der Waals surface area (Å²) in [5, 5.41) is 0. The van der Waals surface area contributed by atoms with E-state index in [2.05, 4.69) is 0 Å². The van der Waals surface area contributed by atoms with Crippen LogP contribution in [0.3, 0.4) is 0 Å². The maximum atomic E-state index is 11.2. The van der Waals surface area contributed by atoms with E-state index in [1.165, 1.54) is 0 Å². The van der Waals surface area contributed by atoms with Crippen molar-refractivity contribution in [3.8, 4) is 0 Å². The van der Waals surface area contributed by atoms with Gasteiger partial charge in [-0.2, -0.15) is 0 Å². The molecule has 1 unspecified atom stereocenters. The first-order valence-corrected chi connectivity index (χ1v) is 4.49. The Morgan fingerprint density at radius 2 is 1.79 bits per heavy atom. The summed E-state index contributed by atoms with van der Waals surface area (Å²) < 4.78 is 10.1. The van der Waals surface area contributed by atoms with Crippen molar-refractivity contribution in [2.45, 2.75) is 25.5 Å². The average Bonchev–Trinajstić information content (AvgIpc) is 2.09. The first-order chi connectivity index (χ1) is 6.44. The van der Waals surface area contributed by atoms with E-state index >= 15 is 0 Å². The highest BCUT2D eigenvalue weighted by molar-refractivity contribution is 5.78. The Morgan fingerprint density at radius 3 is 2.36 bits per heavy atom. The van der Waals surface area contributed by atoms with E-state index in [-0.39, 0.29) is 31.4 Å². The summed E-state index contributed by atoms with van der Waals surface area (Å²) in [4.78, 5) is 24.0. The van der Waals surface area contributed by atoms with E-state index in [1.54, 1.807) is 25.9 Å². The molecule has 1 heterocycles. The number of hydrogen-bond acceptors (Lipinski definition) is 5. The quantitative estimate of drug-likeness (QED) is 0.565. The van der Waals surface area contributed by atoms with Crippen LogP contribution in [-0.4, -0.2) is 43.3 Å². The second-order valence-electron chi connectivity index (χ2n) is 3.70. The van der Waals surface area contributed by atoms with E-state index in [0.717, 1.165) is 0 Å². The van der Waals surface area contributed by atoms with Gasteiger partial charge in [0.25, 0.3) is 0 Å². The highest BCUT2D eigenvalue weighted by Gasteiger charge is 2.35. The van der Waals surface area contributed by atoms with Gasteiger partial charge in [0.2, 0.25) is 0 Å². The summed E-state index contributed by atoms with van der Waals surface area (Å²) in [5.41, 5.74) is -0.854. The Morgan fingerprint density at radius 1 is 1.21 bits per heavy atom. The number of esters is 2. The molecule has 0 aromatic heterocycles. The van der Waals surface area contributed by atoms with Gasteiger partial charge in [0.1, 0.15) is 6.61 Å². The number of cyclic esters (lactones) is 2. The number of nitrogens with zero attached hydrogens (tertiary/aromatic N) is 1. The van der Waals surface area contributed by atoms with E-state index in [0.29, 0.717) is 0 Å². The number of hydrogen-bond donors (Lipinski definition) is 0. The molecule has 1 atom stereocenters. The lowest BCUT2D eigenvalue weighted by Crippen LogP contribution is -2.50. The number of carbonyl (C=O) groups excluding carboxylic acids is 2. The van der Waals surface area contributed by atoms with Crippen LogP contribution in [0.1, 0.15) is 19.8 Å². The zero-order valence-corrected chi connectivity index (χ0v) is 8.70. The van der Waals surface area contributed by atoms with E-state index in [4.69, 9.17) is 9.47 Å². The summed E-state index contributed by atoms with van der Waals surface area (Å²) in [6, 6.07) is 0. The molecule has 0 aromatic carbocycles. The summed E-state index contributed by atoms with van der Waals surface area (Å²) >= 11 is 0. The molecule has 5 nitrogen and oxygen atoms in total. The summed E-state index contributed by atoms with van der Waals surface area (Å²) in [6.07, 6.45) is 0.185. The lowest BCUT2D eigenvalue weighted by molar-refractivity contribution is -0.197. The molecule has 1 saturated heterocycles. The lowest BCUT2D eigenvalue weighted by Gasteiger charge is -2.36. The third-order valence-electron chi connectivity index (χ3n) is 2.31. The van der Waals surface area contributed by atoms with Crippen LogP contribution in [0.2, 0.25) is 0 Å². The fraction of sp³-hybridized carbons (Fsp3) is 0.778. The standard InChI is InChI=1S/C9H15NO4/c1-9(10(2)3)6-13-7(11)4-5-8(12)14-9/h4-6H2,1-3H3. The van der Waals surface area contributed by atoms with E-state index < -0.39 is 5.72 Å². The zero-order valence-electron chi connectivity index (χ0n) is 8.70. The van der Waals surface area contributed by atoms with Crippen LogP contribution < -0.4 is 0 Å². The van der Waals surface area contributed by atoms with Gasteiger partial charge in [-0.15, -0.1) is 0 Å². The largest absolute Gasteiger partial charge is 0.460 e. The molecule has 1 aliphatic rings. The Bertz CT molecular complexity index is 251. The first-order valence-electron chi connectivity index (χ1n) is 4.49. The topological polar surface area (TPSA) is 55.8 Å². The lowest BCUT2D eigenvalue weighted by atomic mass is 10.2. The van der Waals surface area contributed by atoms with Crippen LogP contribution in [0.5, 0.6) is 0 Å². The maximum Gasteiger partial charge on any atom is 0.308 e. The number of carbonyl (C=O) groups is 2. The SMILES string of the molecule is CN(C)C1(C)COC(=O)CCC(=O)O1. The van der Waals surface area contributed by atoms with E-state index in [1.807, 2.05) is 0 Å².